The Hall–Kier alpha value is -1.53. The maximum Gasteiger partial charge on any atom is 0.236 e. The van der Waals surface area contributed by atoms with Crippen molar-refractivity contribution in [3.63, 3.8) is 0 Å². The average molecular weight is 404 g/mol. The molecule has 0 spiro atoms. The molecule has 2 aliphatic heterocycles. The van der Waals surface area contributed by atoms with Crippen LogP contribution in [0.1, 0.15) is 39.2 Å². The van der Waals surface area contributed by atoms with Crippen LogP contribution >= 0.6 is 11.8 Å². The van der Waals surface area contributed by atoms with E-state index in [0.29, 0.717) is 12.3 Å². The normalized spacial score (nSPS) is 18.5. The van der Waals surface area contributed by atoms with E-state index in [2.05, 4.69) is 49.9 Å². The van der Waals surface area contributed by atoms with E-state index < -0.39 is 0 Å². The highest BCUT2D eigenvalue weighted by atomic mass is 32.2. The van der Waals surface area contributed by atoms with Crippen LogP contribution in [0.5, 0.6) is 0 Å². The Kier molecular flexibility index (Phi) is 7.05. The molecule has 0 bridgehead atoms. The largest absolute Gasteiger partial charge is 0.342 e. The van der Waals surface area contributed by atoms with Gasteiger partial charge in [-0.05, 0) is 36.0 Å². The van der Waals surface area contributed by atoms with Crippen molar-refractivity contribution < 1.29 is 9.59 Å². The number of carbonyl (C=O) groups excluding carboxylic acids is 2. The minimum absolute atomic E-state index is 0.148. The van der Waals surface area contributed by atoms with Gasteiger partial charge in [-0.2, -0.15) is 0 Å². The molecule has 0 aromatic heterocycles. The number of nitrogens with zero attached hydrogens (tertiary/aromatic N) is 3. The van der Waals surface area contributed by atoms with E-state index in [-0.39, 0.29) is 17.2 Å². The van der Waals surface area contributed by atoms with Crippen molar-refractivity contribution in [2.75, 3.05) is 51.6 Å². The summed E-state index contributed by atoms with van der Waals surface area (Å²) in [6, 6.07) is 8.53. The first-order valence-electron chi connectivity index (χ1n) is 10.3. The van der Waals surface area contributed by atoms with Gasteiger partial charge in [0.15, 0.2) is 0 Å². The Balaban J connectivity index is 1.39. The summed E-state index contributed by atoms with van der Waals surface area (Å²) < 4.78 is 0. The third-order valence-electron chi connectivity index (χ3n) is 5.63. The van der Waals surface area contributed by atoms with Gasteiger partial charge in [0.2, 0.25) is 11.8 Å². The van der Waals surface area contributed by atoms with Crippen LogP contribution in [0.2, 0.25) is 0 Å². The smallest absolute Gasteiger partial charge is 0.236 e. The Bertz CT molecular complexity index is 670. The molecule has 0 aliphatic carbocycles. The number of carbonyl (C=O) groups is 2. The highest BCUT2D eigenvalue weighted by Crippen LogP contribution is 2.26. The van der Waals surface area contributed by atoms with E-state index in [9.17, 15) is 9.59 Å². The summed E-state index contributed by atoms with van der Waals surface area (Å²) in [6.45, 7) is 11.9. The Labute approximate surface area is 173 Å². The first-order valence-corrected chi connectivity index (χ1v) is 11.3. The Morgan fingerprint density at radius 2 is 1.43 bits per heavy atom. The van der Waals surface area contributed by atoms with Gasteiger partial charge in [0.05, 0.1) is 12.3 Å². The quantitative estimate of drug-likeness (QED) is 0.709. The average Bonchev–Trinajstić information content (AvgIpc) is 3.21. The van der Waals surface area contributed by atoms with Gasteiger partial charge in [-0.1, -0.05) is 32.9 Å². The summed E-state index contributed by atoms with van der Waals surface area (Å²) in [5, 5.41) is 0. The fourth-order valence-corrected chi connectivity index (χ4v) is 4.50. The lowest BCUT2D eigenvalue weighted by atomic mass is 9.87. The molecule has 28 heavy (non-hydrogen) atoms. The fraction of sp³-hybridized carbons (Fsp3) is 0.636. The molecule has 2 saturated heterocycles. The number of rotatable bonds is 5. The molecule has 0 radical (unpaired) electrons. The monoisotopic (exact) mass is 403 g/mol. The zero-order chi connectivity index (χ0) is 20.1. The molecule has 2 aliphatic rings. The van der Waals surface area contributed by atoms with Crippen LogP contribution in [0.3, 0.4) is 0 Å². The second kappa shape index (κ2) is 9.31. The van der Waals surface area contributed by atoms with Gasteiger partial charge in [0, 0.05) is 44.2 Å². The van der Waals surface area contributed by atoms with Gasteiger partial charge < -0.3 is 9.80 Å². The first-order chi connectivity index (χ1) is 13.3. The molecule has 5 nitrogen and oxygen atoms in total. The van der Waals surface area contributed by atoms with Gasteiger partial charge in [0.1, 0.15) is 0 Å². The molecule has 2 fully saturated rings. The van der Waals surface area contributed by atoms with Crippen LogP contribution in [0.4, 0.5) is 0 Å². The number of amides is 2. The number of piperazine rings is 1. The second-order valence-electron chi connectivity index (χ2n) is 8.81. The summed E-state index contributed by atoms with van der Waals surface area (Å²) in [5.41, 5.74) is 1.46. The minimum atomic E-state index is 0.148. The highest BCUT2D eigenvalue weighted by Gasteiger charge is 2.25. The van der Waals surface area contributed by atoms with E-state index in [1.165, 1.54) is 5.56 Å². The summed E-state index contributed by atoms with van der Waals surface area (Å²) in [5.74, 6) is 0.906. The molecular weight excluding hydrogens is 370 g/mol. The Morgan fingerprint density at radius 3 is 2.00 bits per heavy atom. The third-order valence-corrected chi connectivity index (χ3v) is 6.62. The van der Waals surface area contributed by atoms with Crippen molar-refractivity contribution in [1.82, 2.24) is 14.7 Å². The van der Waals surface area contributed by atoms with Crippen molar-refractivity contribution in [2.45, 2.75) is 43.9 Å². The van der Waals surface area contributed by atoms with Gasteiger partial charge in [0.25, 0.3) is 0 Å². The second-order valence-corrected chi connectivity index (χ2v) is 9.86. The Morgan fingerprint density at radius 1 is 0.857 bits per heavy atom. The molecule has 0 unspecified atom stereocenters. The molecule has 6 heteroatoms. The number of likely N-dealkylation sites (tertiary alicyclic amines) is 1. The molecule has 0 atom stereocenters. The molecule has 1 aromatic carbocycles. The fourth-order valence-electron chi connectivity index (χ4n) is 3.70. The maximum atomic E-state index is 12.5. The molecule has 3 rings (SSSR count). The molecule has 1 aromatic rings. The van der Waals surface area contributed by atoms with E-state index in [1.54, 1.807) is 11.8 Å². The van der Waals surface area contributed by atoms with Gasteiger partial charge in [-0.25, -0.2) is 0 Å². The summed E-state index contributed by atoms with van der Waals surface area (Å²) >= 11 is 1.60. The van der Waals surface area contributed by atoms with E-state index in [0.717, 1.165) is 57.0 Å². The van der Waals surface area contributed by atoms with Crippen molar-refractivity contribution in [1.29, 1.82) is 0 Å². The predicted octanol–water partition coefficient (Wildman–Crippen LogP) is 2.84. The van der Waals surface area contributed by atoms with E-state index in [4.69, 9.17) is 0 Å². The van der Waals surface area contributed by atoms with Crippen molar-refractivity contribution in [3.05, 3.63) is 29.8 Å². The summed E-state index contributed by atoms with van der Waals surface area (Å²) in [7, 11) is 0. The zero-order valence-electron chi connectivity index (χ0n) is 17.4. The zero-order valence-corrected chi connectivity index (χ0v) is 18.3. The summed E-state index contributed by atoms with van der Waals surface area (Å²) in [6.07, 6.45) is 2.26. The third kappa shape index (κ3) is 5.74. The SMILES string of the molecule is CC(C)(C)c1ccc(SCC(=O)N2CCN(CC(=O)N3CCCC3)CC2)cc1. The van der Waals surface area contributed by atoms with Crippen LogP contribution in [0.15, 0.2) is 29.2 Å². The van der Waals surface area contributed by atoms with Crippen molar-refractivity contribution in [3.8, 4) is 0 Å². The highest BCUT2D eigenvalue weighted by molar-refractivity contribution is 8.00. The molecule has 0 N–H and O–H groups in total. The summed E-state index contributed by atoms with van der Waals surface area (Å²) in [4.78, 5) is 32.0. The number of hydrogen-bond acceptors (Lipinski definition) is 4. The molecule has 0 saturated carbocycles. The van der Waals surface area contributed by atoms with Crippen LogP contribution in [-0.4, -0.2) is 78.1 Å². The van der Waals surface area contributed by atoms with Gasteiger partial charge >= 0.3 is 0 Å². The lowest BCUT2D eigenvalue weighted by Gasteiger charge is -2.35. The maximum absolute atomic E-state index is 12.5. The van der Waals surface area contributed by atoms with E-state index >= 15 is 0 Å². The van der Waals surface area contributed by atoms with Crippen LogP contribution in [0.25, 0.3) is 0 Å². The number of thioether (sulfide) groups is 1. The molecule has 154 valence electrons. The van der Waals surface area contributed by atoms with Crippen LogP contribution < -0.4 is 0 Å². The molecule has 2 amide bonds. The van der Waals surface area contributed by atoms with Crippen molar-refractivity contribution in [2.24, 2.45) is 0 Å². The predicted molar refractivity (Wildman–Crippen MR) is 115 cm³/mol. The van der Waals surface area contributed by atoms with Crippen LogP contribution in [-0.2, 0) is 15.0 Å². The van der Waals surface area contributed by atoms with Gasteiger partial charge in [-0.15, -0.1) is 11.8 Å². The van der Waals surface area contributed by atoms with E-state index in [1.807, 2.05) is 9.80 Å². The van der Waals surface area contributed by atoms with Crippen molar-refractivity contribution >= 4 is 23.6 Å². The first kappa shape index (κ1) is 21.2. The molecule has 2 heterocycles. The topological polar surface area (TPSA) is 43.9 Å². The minimum Gasteiger partial charge on any atom is -0.342 e. The lowest BCUT2D eigenvalue weighted by molar-refractivity contribution is -0.133. The van der Waals surface area contributed by atoms with Crippen LogP contribution in [0, 0.1) is 0 Å². The molecular formula is C22H33N3O2S. The standard InChI is InChI=1S/C22H33N3O2S/c1-22(2,3)18-6-8-19(9-7-18)28-17-21(27)25-14-12-23(13-15-25)16-20(26)24-10-4-5-11-24/h6-9H,4-5,10-17H2,1-3H3. The number of hydrogen-bond donors (Lipinski definition) is 0. The number of benzene rings is 1. The lowest BCUT2D eigenvalue weighted by Crippen LogP contribution is -2.51. The van der Waals surface area contributed by atoms with Gasteiger partial charge in [-0.3, -0.25) is 14.5 Å².